The van der Waals surface area contributed by atoms with Crippen molar-refractivity contribution in [1.29, 1.82) is 0 Å². The third-order valence-corrected chi connectivity index (χ3v) is 5.30. The summed E-state index contributed by atoms with van der Waals surface area (Å²) in [6, 6.07) is 7.55. The molecular weight excluding hydrogens is 348 g/mol. The number of nitrogens with one attached hydrogen (secondary N) is 1. The van der Waals surface area contributed by atoms with E-state index < -0.39 is 0 Å². The second kappa shape index (κ2) is 8.23. The molecule has 3 rings (SSSR count). The minimum absolute atomic E-state index is 0.0943. The maximum atomic E-state index is 13.1. The zero-order chi connectivity index (χ0) is 18.7. The van der Waals surface area contributed by atoms with Crippen molar-refractivity contribution in [2.45, 2.75) is 32.6 Å². The Labute approximate surface area is 160 Å². The third-order valence-electron chi connectivity index (χ3n) is 5.05. The minimum Gasteiger partial charge on any atom is -0.339 e. The molecule has 5 nitrogen and oxygen atoms in total. The number of halogens is 1. The summed E-state index contributed by atoms with van der Waals surface area (Å²) in [6.07, 6.45) is 3.82. The van der Waals surface area contributed by atoms with E-state index in [0.29, 0.717) is 16.5 Å². The van der Waals surface area contributed by atoms with Crippen LogP contribution in [0.5, 0.6) is 0 Å². The first kappa shape index (κ1) is 18.9. The fourth-order valence-electron chi connectivity index (χ4n) is 3.67. The number of carbonyl (C=O) groups excluding carboxylic acids is 1. The number of rotatable bonds is 5. The topological polar surface area (TPSA) is 50.2 Å². The average Bonchev–Trinajstić information content (AvgIpc) is 3.08. The van der Waals surface area contributed by atoms with Gasteiger partial charge in [-0.25, -0.2) is 4.68 Å². The van der Waals surface area contributed by atoms with Crippen molar-refractivity contribution in [2.75, 3.05) is 26.7 Å². The van der Waals surface area contributed by atoms with Gasteiger partial charge in [-0.1, -0.05) is 25.4 Å². The molecule has 0 aliphatic carbocycles. The van der Waals surface area contributed by atoms with E-state index in [9.17, 15) is 4.79 Å². The van der Waals surface area contributed by atoms with Crippen LogP contribution in [-0.2, 0) is 0 Å². The van der Waals surface area contributed by atoms with Crippen molar-refractivity contribution < 1.29 is 4.79 Å². The lowest BCUT2D eigenvalue weighted by Gasteiger charge is -2.32. The van der Waals surface area contributed by atoms with Crippen molar-refractivity contribution in [3.63, 3.8) is 0 Å². The molecule has 1 saturated heterocycles. The first-order chi connectivity index (χ1) is 12.5. The Morgan fingerprint density at radius 3 is 2.50 bits per heavy atom. The molecule has 2 aromatic rings. The van der Waals surface area contributed by atoms with Gasteiger partial charge in [0.1, 0.15) is 0 Å². The van der Waals surface area contributed by atoms with Crippen LogP contribution in [0.25, 0.3) is 5.69 Å². The molecule has 0 atom stereocenters. The van der Waals surface area contributed by atoms with Gasteiger partial charge in [-0.15, -0.1) is 0 Å². The van der Waals surface area contributed by atoms with Crippen molar-refractivity contribution >= 4 is 17.5 Å². The van der Waals surface area contributed by atoms with Gasteiger partial charge >= 0.3 is 0 Å². The molecule has 0 radical (unpaired) electrons. The largest absolute Gasteiger partial charge is 0.339 e. The summed E-state index contributed by atoms with van der Waals surface area (Å²) in [6.45, 7) is 6.84. The maximum absolute atomic E-state index is 13.1. The summed E-state index contributed by atoms with van der Waals surface area (Å²) in [4.78, 5) is 15.1. The van der Waals surface area contributed by atoms with E-state index in [0.717, 1.165) is 43.9 Å². The van der Waals surface area contributed by atoms with Crippen molar-refractivity contribution in [3.8, 4) is 5.69 Å². The minimum atomic E-state index is 0.0943. The summed E-state index contributed by atoms with van der Waals surface area (Å²) >= 11 is 6.00. The normalized spacial score (nSPS) is 15.7. The van der Waals surface area contributed by atoms with Gasteiger partial charge in [0.25, 0.3) is 5.91 Å². The first-order valence-electron chi connectivity index (χ1n) is 9.29. The SMILES string of the molecule is CNCC1CCN(C(=O)c2cnn(-c3ccc(Cl)cc3)c2C(C)C)CC1. The van der Waals surface area contributed by atoms with Crippen LogP contribution in [0.1, 0.15) is 48.7 Å². The summed E-state index contributed by atoms with van der Waals surface area (Å²) in [5.41, 5.74) is 2.58. The molecule has 6 heteroatoms. The average molecular weight is 375 g/mol. The zero-order valence-electron chi connectivity index (χ0n) is 15.7. The van der Waals surface area contributed by atoms with Crippen LogP contribution in [0.15, 0.2) is 30.5 Å². The number of benzene rings is 1. The quantitative estimate of drug-likeness (QED) is 0.867. The molecule has 2 heterocycles. The van der Waals surface area contributed by atoms with Crippen molar-refractivity contribution in [1.82, 2.24) is 20.0 Å². The molecule has 1 fully saturated rings. The fraction of sp³-hybridized carbons (Fsp3) is 0.500. The molecule has 1 aromatic heterocycles. The molecular formula is C20H27ClN4O. The van der Waals surface area contributed by atoms with E-state index in [2.05, 4.69) is 24.3 Å². The molecule has 1 aliphatic rings. The van der Waals surface area contributed by atoms with Crippen LogP contribution in [-0.4, -0.2) is 47.3 Å². The zero-order valence-corrected chi connectivity index (χ0v) is 16.5. The number of carbonyl (C=O) groups is 1. The fourth-order valence-corrected chi connectivity index (χ4v) is 3.79. The Morgan fingerprint density at radius 2 is 1.92 bits per heavy atom. The smallest absolute Gasteiger partial charge is 0.257 e. The van der Waals surface area contributed by atoms with Crippen LogP contribution in [0.3, 0.4) is 0 Å². The Kier molecular flexibility index (Phi) is 5.99. The van der Waals surface area contributed by atoms with E-state index in [-0.39, 0.29) is 11.8 Å². The van der Waals surface area contributed by atoms with Crippen molar-refractivity contribution in [3.05, 3.63) is 46.7 Å². The number of hydrogen-bond donors (Lipinski definition) is 1. The van der Waals surface area contributed by atoms with E-state index in [4.69, 9.17) is 11.6 Å². The molecule has 1 aromatic carbocycles. The van der Waals surface area contributed by atoms with Crippen LogP contribution in [0.4, 0.5) is 0 Å². The van der Waals surface area contributed by atoms with Gasteiger partial charge in [0.2, 0.25) is 0 Å². The number of likely N-dealkylation sites (tertiary alicyclic amines) is 1. The van der Waals surface area contributed by atoms with E-state index in [1.165, 1.54) is 0 Å². The summed E-state index contributed by atoms with van der Waals surface area (Å²) in [7, 11) is 1.98. The molecule has 1 aliphatic heterocycles. The first-order valence-corrected chi connectivity index (χ1v) is 9.66. The van der Waals surface area contributed by atoms with Gasteiger partial charge in [-0.3, -0.25) is 4.79 Å². The highest BCUT2D eigenvalue weighted by molar-refractivity contribution is 6.30. The summed E-state index contributed by atoms with van der Waals surface area (Å²) in [5.74, 6) is 0.941. The number of piperidine rings is 1. The van der Waals surface area contributed by atoms with Crippen LogP contribution in [0.2, 0.25) is 5.02 Å². The second-order valence-corrected chi connectivity index (χ2v) is 7.72. The summed E-state index contributed by atoms with van der Waals surface area (Å²) in [5, 5.41) is 8.44. The lowest BCUT2D eigenvalue weighted by molar-refractivity contribution is 0.0689. The molecule has 140 valence electrons. The van der Waals surface area contributed by atoms with Gasteiger partial charge in [-0.05, 0) is 62.5 Å². The maximum Gasteiger partial charge on any atom is 0.257 e. The monoisotopic (exact) mass is 374 g/mol. The molecule has 26 heavy (non-hydrogen) atoms. The van der Waals surface area contributed by atoms with Crippen molar-refractivity contribution in [2.24, 2.45) is 5.92 Å². The Balaban J connectivity index is 1.84. The van der Waals surface area contributed by atoms with Gasteiger partial charge in [-0.2, -0.15) is 5.10 Å². The lowest BCUT2D eigenvalue weighted by atomic mass is 9.96. The van der Waals surface area contributed by atoms with Crippen LogP contribution >= 0.6 is 11.6 Å². The van der Waals surface area contributed by atoms with Crippen LogP contribution < -0.4 is 5.32 Å². The number of hydrogen-bond acceptors (Lipinski definition) is 3. The van der Waals surface area contributed by atoms with Gasteiger partial charge in [0.05, 0.1) is 23.1 Å². The Bertz CT molecular complexity index is 746. The molecule has 0 saturated carbocycles. The van der Waals surface area contributed by atoms with E-state index in [1.54, 1.807) is 6.20 Å². The molecule has 1 N–H and O–H groups in total. The van der Waals surface area contributed by atoms with Gasteiger partial charge in [0, 0.05) is 18.1 Å². The lowest BCUT2D eigenvalue weighted by Crippen LogP contribution is -2.40. The number of amides is 1. The molecule has 0 spiro atoms. The molecule has 1 amide bonds. The Hall–Kier alpha value is -1.85. The standard InChI is InChI=1S/C20H27ClN4O/c1-14(2)19-18(13-23-25(19)17-6-4-16(21)5-7-17)20(26)24-10-8-15(9-11-24)12-22-3/h4-7,13-15,22H,8-12H2,1-3H3. The second-order valence-electron chi connectivity index (χ2n) is 7.28. The highest BCUT2D eigenvalue weighted by Crippen LogP contribution is 2.26. The van der Waals surface area contributed by atoms with E-state index >= 15 is 0 Å². The predicted octanol–water partition coefficient (Wildman–Crippen LogP) is 3.72. The third kappa shape index (κ3) is 3.94. The predicted molar refractivity (Wildman–Crippen MR) is 105 cm³/mol. The molecule has 0 unspecified atom stereocenters. The number of nitrogens with zero attached hydrogens (tertiary/aromatic N) is 3. The highest BCUT2D eigenvalue weighted by Gasteiger charge is 2.28. The molecule has 0 bridgehead atoms. The summed E-state index contributed by atoms with van der Waals surface area (Å²) < 4.78 is 1.86. The van der Waals surface area contributed by atoms with Crippen LogP contribution in [0, 0.1) is 5.92 Å². The van der Waals surface area contributed by atoms with Gasteiger partial charge in [0.15, 0.2) is 0 Å². The van der Waals surface area contributed by atoms with Gasteiger partial charge < -0.3 is 10.2 Å². The highest BCUT2D eigenvalue weighted by atomic mass is 35.5. The Morgan fingerprint density at radius 1 is 1.27 bits per heavy atom. The number of aromatic nitrogens is 2. The van der Waals surface area contributed by atoms with E-state index in [1.807, 2.05) is 40.9 Å².